The number of nitrogens with two attached hydrogens (primary N) is 1. The molecule has 2 aromatic rings. The summed E-state index contributed by atoms with van der Waals surface area (Å²) >= 11 is 0. The fraction of sp³-hybridized carbons (Fsp3) is 0.381. The van der Waals surface area contributed by atoms with E-state index in [1.165, 1.54) is 5.56 Å². The molecule has 0 atom stereocenters. The van der Waals surface area contributed by atoms with Crippen molar-refractivity contribution >= 4 is 35.6 Å². The Hall–Kier alpha value is -1.96. The van der Waals surface area contributed by atoms with E-state index in [0.29, 0.717) is 24.0 Å². The highest BCUT2D eigenvalue weighted by molar-refractivity contribution is 14.0. The summed E-state index contributed by atoms with van der Waals surface area (Å²) < 4.78 is 10.6. The molecule has 0 aliphatic carbocycles. The number of hydrogen-bond donors (Lipinski definition) is 2. The van der Waals surface area contributed by atoms with Crippen LogP contribution in [0.4, 0.5) is 5.69 Å². The molecule has 6 heteroatoms. The third-order valence-corrected chi connectivity index (χ3v) is 4.95. The van der Waals surface area contributed by atoms with E-state index in [4.69, 9.17) is 15.2 Å². The van der Waals surface area contributed by atoms with Crippen molar-refractivity contribution < 1.29 is 9.47 Å². The van der Waals surface area contributed by atoms with E-state index in [9.17, 15) is 0 Å². The quantitative estimate of drug-likeness (QED) is 0.322. The molecule has 5 nitrogen and oxygen atoms in total. The molecule has 0 radical (unpaired) electrons. The van der Waals surface area contributed by atoms with Crippen LogP contribution in [-0.2, 0) is 5.41 Å². The molecular weight excluding hydrogens is 453 g/mol. The van der Waals surface area contributed by atoms with Crippen LogP contribution in [-0.4, -0.2) is 26.7 Å². The largest absolute Gasteiger partial charge is 0.493 e. The Morgan fingerprint density at radius 2 is 1.63 bits per heavy atom. The summed E-state index contributed by atoms with van der Waals surface area (Å²) in [6.45, 7) is 5.03. The van der Waals surface area contributed by atoms with Crippen LogP contribution in [0.2, 0.25) is 0 Å². The molecule has 0 amide bonds. The summed E-state index contributed by atoms with van der Waals surface area (Å²) in [6.07, 6.45) is 2.00. The van der Waals surface area contributed by atoms with E-state index in [1.807, 2.05) is 24.3 Å². The zero-order valence-electron chi connectivity index (χ0n) is 16.5. The topological polar surface area (TPSA) is 68.9 Å². The molecule has 0 unspecified atom stereocenters. The van der Waals surface area contributed by atoms with E-state index in [0.717, 1.165) is 18.5 Å². The summed E-state index contributed by atoms with van der Waals surface area (Å²) in [5.41, 5.74) is 8.23. The first kappa shape index (κ1) is 23.1. The second-order valence-corrected chi connectivity index (χ2v) is 6.25. The van der Waals surface area contributed by atoms with Gasteiger partial charge in [0, 0.05) is 17.2 Å². The lowest BCUT2D eigenvalue weighted by atomic mass is 9.76. The van der Waals surface area contributed by atoms with Gasteiger partial charge < -0.3 is 20.5 Å². The first-order valence-electron chi connectivity index (χ1n) is 8.93. The van der Waals surface area contributed by atoms with Crippen molar-refractivity contribution in [2.45, 2.75) is 32.1 Å². The van der Waals surface area contributed by atoms with Crippen molar-refractivity contribution in [1.82, 2.24) is 0 Å². The van der Waals surface area contributed by atoms with Crippen LogP contribution in [0.5, 0.6) is 11.5 Å². The first-order valence-corrected chi connectivity index (χ1v) is 8.93. The Kier molecular flexibility index (Phi) is 9.41. The monoisotopic (exact) mass is 483 g/mol. The molecule has 27 heavy (non-hydrogen) atoms. The van der Waals surface area contributed by atoms with E-state index < -0.39 is 0 Å². The Balaban J connectivity index is 0.00000364. The molecule has 0 spiro atoms. The van der Waals surface area contributed by atoms with Gasteiger partial charge in [0.15, 0.2) is 17.5 Å². The zero-order valence-corrected chi connectivity index (χ0v) is 18.8. The van der Waals surface area contributed by atoms with Crippen LogP contribution < -0.4 is 20.5 Å². The lowest BCUT2D eigenvalue weighted by molar-refractivity contribution is 0.355. The van der Waals surface area contributed by atoms with Gasteiger partial charge in [-0.2, -0.15) is 0 Å². The number of methoxy groups -OCH3 is 2. The summed E-state index contributed by atoms with van der Waals surface area (Å²) in [4.78, 5) is 4.62. The van der Waals surface area contributed by atoms with Gasteiger partial charge in [0.25, 0.3) is 0 Å². The number of nitrogens with zero attached hydrogens (tertiary/aromatic N) is 1. The van der Waals surface area contributed by atoms with Gasteiger partial charge in [-0.25, -0.2) is 0 Å². The SMILES string of the molecule is CCC(CC)(CN=C(N)Nc1ccc(OC)c(OC)c1)c1ccccc1.I. The number of hydrogen-bond acceptors (Lipinski definition) is 3. The van der Waals surface area contributed by atoms with Gasteiger partial charge >= 0.3 is 0 Å². The lowest BCUT2D eigenvalue weighted by Crippen LogP contribution is -2.31. The van der Waals surface area contributed by atoms with Gasteiger partial charge in [-0.1, -0.05) is 44.2 Å². The number of guanidine groups is 1. The van der Waals surface area contributed by atoms with E-state index >= 15 is 0 Å². The fourth-order valence-electron chi connectivity index (χ4n) is 3.10. The van der Waals surface area contributed by atoms with Crippen LogP contribution in [0.1, 0.15) is 32.3 Å². The van der Waals surface area contributed by atoms with Gasteiger partial charge in [-0.3, -0.25) is 4.99 Å². The molecule has 3 N–H and O–H groups in total. The highest BCUT2D eigenvalue weighted by Gasteiger charge is 2.28. The Bertz CT molecular complexity index is 731. The molecule has 0 aliphatic heterocycles. The first-order chi connectivity index (χ1) is 12.6. The number of halogens is 1. The second kappa shape index (κ2) is 11.0. The fourth-order valence-corrected chi connectivity index (χ4v) is 3.10. The minimum atomic E-state index is -0.00877. The number of nitrogens with one attached hydrogen (secondary N) is 1. The van der Waals surface area contributed by atoms with Crippen molar-refractivity contribution in [3.63, 3.8) is 0 Å². The van der Waals surface area contributed by atoms with Crippen LogP contribution in [0.25, 0.3) is 0 Å². The van der Waals surface area contributed by atoms with Crippen molar-refractivity contribution in [2.24, 2.45) is 10.7 Å². The Labute approximate surface area is 179 Å². The van der Waals surface area contributed by atoms with Crippen LogP contribution in [0.15, 0.2) is 53.5 Å². The maximum atomic E-state index is 6.13. The number of ether oxygens (including phenoxy) is 2. The normalized spacial score (nSPS) is 11.5. The van der Waals surface area contributed by atoms with Crippen LogP contribution in [0.3, 0.4) is 0 Å². The molecule has 0 fully saturated rings. The maximum absolute atomic E-state index is 6.13. The summed E-state index contributed by atoms with van der Waals surface area (Å²) in [5.74, 6) is 1.71. The van der Waals surface area contributed by atoms with E-state index in [-0.39, 0.29) is 29.4 Å². The smallest absolute Gasteiger partial charge is 0.193 e. The number of rotatable bonds is 8. The van der Waals surface area contributed by atoms with Crippen LogP contribution >= 0.6 is 24.0 Å². The van der Waals surface area contributed by atoms with Gasteiger partial charge in [0.05, 0.1) is 20.8 Å². The third-order valence-electron chi connectivity index (χ3n) is 4.95. The third kappa shape index (κ3) is 5.76. The zero-order chi connectivity index (χ0) is 19.0. The Morgan fingerprint density at radius 3 is 2.19 bits per heavy atom. The highest BCUT2D eigenvalue weighted by Crippen LogP contribution is 2.32. The average molecular weight is 483 g/mol. The predicted molar refractivity (Wildman–Crippen MR) is 124 cm³/mol. The average Bonchev–Trinajstić information content (AvgIpc) is 2.70. The molecule has 2 rings (SSSR count). The number of benzene rings is 2. The minimum absolute atomic E-state index is 0. The molecule has 0 heterocycles. The van der Waals surface area contributed by atoms with Gasteiger partial charge in [0.2, 0.25) is 0 Å². The molecule has 148 valence electrons. The number of anilines is 1. The molecule has 0 saturated carbocycles. The van der Waals surface area contributed by atoms with Gasteiger partial charge in [0.1, 0.15) is 0 Å². The predicted octanol–water partition coefficient (Wildman–Crippen LogP) is 4.81. The van der Waals surface area contributed by atoms with Crippen molar-refractivity contribution in [1.29, 1.82) is 0 Å². The van der Waals surface area contributed by atoms with E-state index in [1.54, 1.807) is 14.2 Å². The standard InChI is InChI=1S/C21H29N3O2.HI/c1-5-21(6-2,16-10-8-7-9-11-16)15-23-20(22)24-17-12-13-18(25-3)19(14-17)26-4;/h7-14H,5-6,15H2,1-4H3,(H3,22,23,24);1H. The lowest BCUT2D eigenvalue weighted by Gasteiger charge is -2.30. The molecule has 0 aliphatic rings. The minimum Gasteiger partial charge on any atom is -0.493 e. The molecule has 0 aromatic heterocycles. The highest BCUT2D eigenvalue weighted by atomic mass is 127. The van der Waals surface area contributed by atoms with Gasteiger partial charge in [-0.15, -0.1) is 24.0 Å². The van der Waals surface area contributed by atoms with Crippen LogP contribution in [0, 0.1) is 0 Å². The summed E-state index contributed by atoms with van der Waals surface area (Å²) in [6, 6.07) is 16.1. The number of aliphatic imine (C=N–C) groups is 1. The summed E-state index contributed by atoms with van der Waals surface area (Å²) in [5, 5.41) is 3.13. The van der Waals surface area contributed by atoms with Gasteiger partial charge in [-0.05, 0) is 30.5 Å². The Morgan fingerprint density at radius 1 is 1.00 bits per heavy atom. The second-order valence-electron chi connectivity index (χ2n) is 6.25. The van der Waals surface area contributed by atoms with Crippen molar-refractivity contribution in [2.75, 3.05) is 26.1 Å². The van der Waals surface area contributed by atoms with Crippen molar-refractivity contribution in [3.8, 4) is 11.5 Å². The maximum Gasteiger partial charge on any atom is 0.193 e. The van der Waals surface area contributed by atoms with Crippen molar-refractivity contribution in [3.05, 3.63) is 54.1 Å². The molecular formula is C21H30IN3O2. The molecule has 0 bridgehead atoms. The summed E-state index contributed by atoms with van der Waals surface area (Å²) in [7, 11) is 3.22. The van der Waals surface area contributed by atoms with E-state index in [2.05, 4.69) is 48.4 Å². The molecule has 2 aromatic carbocycles. The molecule has 0 saturated heterocycles.